The second-order valence-corrected chi connectivity index (χ2v) is 7.36. The van der Waals surface area contributed by atoms with E-state index >= 15 is 0 Å². The Balaban J connectivity index is 1.56. The Morgan fingerprint density at radius 3 is 2.60 bits per heavy atom. The number of amides is 1. The molecule has 2 heterocycles. The number of aryl methyl sites for hydroxylation is 1. The van der Waals surface area contributed by atoms with Crippen LogP contribution in [0.5, 0.6) is 5.75 Å². The van der Waals surface area contributed by atoms with Crippen LogP contribution in [-0.2, 0) is 17.8 Å². The summed E-state index contributed by atoms with van der Waals surface area (Å²) in [5, 5.41) is 1.16. The molecule has 0 aliphatic heterocycles. The Kier molecular flexibility index (Phi) is 5.80. The van der Waals surface area contributed by atoms with Crippen molar-refractivity contribution in [3.8, 4) is 17.0 Å². The molecule has 0 bridgehead atoms. The number of carbonyl (C=O) groups excluding carboxylic acids is 1. The van der Waals surface area contributed by atoms with E-state index in [4.69, 9.17) is 4.74 Å². The summed E-state index contributed by atoms with van der Waals surface area (Å²) in [5.41, 5.74) is 5.41. The average molecular weight is 399 g/mol. The summed E-state index contributed by atoms with van der Waals surface area (Å²) in [4.78, 5) is 22.2. The van der Waals surface area contributed by atoms with Gasteiger partial charge < -0.3 is 14.6 Å². The first-order valence-electron chi connectivity index (χ1n) is 10.0. The van der Waals surface area contributed by atoms with Gasteiger partial charge in [-0.05, 0) is 59.5 Å². The van der Waals surface area contributed by atoms with Gasteiger partial charge in [-0.15, -0.1) is 0 Å². The lowest BCUT2D eigenvalue weighted by Crippen LogP contribution is -2.26. The second kappa shape index (κ2) is 8.82. The minimum atomic E-state index is 0.116. The summed E-state index contributed by atoms with van der Waals surface area (Å²) in [7, 11) is 3.51. The third-order valence-corrected chi connectivity index (χ3v) is 5.35. The molecule has 0 saturated carbocycles. The zero-order valence-corrected chi connectivity index (χ0v) is 17.3. The van der Waals surface area contributed by atoms with Crippen LogP contribution in [0.15, 0.2) is 73.1 Å². The monoisotopic (exact) mass is 399 g/mol. The first-order valence-corrected chi connectivity index (χ1v) is 10.0. The van der Waals surface area contributed by atoms with E-state index < -0.39 is 0 Å². The van der Waals surface area contributed by atoms with Gasteiger partial charge in [0.25, 0.3) is 0 Å². The summed E-state index contributed by atoms with van der Waals surface area (Å²) in [6, 6.07) is 20.1. The summed E-state index contributed by atoms with van der Waals surface area (Å²) in [6.45, 7) is 0.561. The Bertz CT molecular complexity index is 1130. The summed E-state index contributed by atoms with van der Waals surface area (Å²) in [6.07, 6.45) is 4.65. The van der Waals surface area contributed by atoms with Gasteiger partial charge in [0.05, 0.1) is 7.11 Å². The molecule has 0 aliphatic rings. The normalized spacial score (nSPS) is 10.9. The fourth-order valence-corrected chi connectivity index (χ4v) is 3.74. The first kappa shape index (κ1) is 19.7. The van der Waals surface area contributed by atoms with Gasteiger partial charge in [0.2, 0.25) is 5.91 Å². The van der Waals surface area contributed by atoms with Crippen LogP contribution in [0.2, 0.25) is 0 Å². The third kappa shape index (κ3) is 4.20. The fourth-order valence-electron chi connectivity index (χ4n) is 3.74. The lowest BCUT2D eigenvalue weighted by atomic mass is 10.0. The number of fused-ring (bicyclic) bond motifs is 1. The lowest BCUT2D eigenvalue weighted by Gasteiger charge is -2.17. The molecule has 1 amide bonds. The van der Waals surface area contributed by atoms with Gasteiger partial charge >= 0.3 is 0 Å². The minimum Gasteiger partial charge on any atom is -0.497 e. The van der Waals surface area contributed by atoms with Crippen molar-refractivity contribution in [2.75, 3.05) is 14.2 Å². The van der Waals surface area contributed by atoms with Gasteiger partial charge in [0, 0.05) is 49.0 Å². The van der Waals surface area contributed by atoms with Gasteiger partial charge in [-0.1, -0.05) is 24.3 Å². The molecule has 0 fully saturated rings. The van der Waals surface area contributed by atoms with Crippen molar-refractivity contribution in [3.05, 3.63) is 84.2 Å². The van der Waals surface area contributed by atoms with E-state index in [0.29, 0.717) is 19.4 Å². The summed E-state index contributed by atoms with van der Waals surface area (Å²) >= 11 is 0. The quantitative estimate of drug-likeness (QED) is 0.484. The molecule has 1 N–H and O–H groups in total. The van der Waals surface area contributed by atoms with Crippen LogP contribution < -0.4 is 4.74 Å². The van der Waals surface area contributed by atoms with Crippen LogP contribution in [0.25, 0.3) is 22.2 Å². The van der Waals surface area contributed by atoms with Crippen LogP contribution in [0.3, 0.4) is 0 Å². The number of nitrogens with one attached hydrogen (secondary N) is 1. The van der Waals surface area contributed by atoms with Gasteiger partial charge in [-0.3, -0.25) is 9.78 Å². The number of aromatic nitrogens is 2. The van der Waals surface area contributed by atoms with E-state index in [2.05, 4.69) is 22.1 Å². The van der Waals surface area contributed by atoms with E-state index in [0.717, 1.165) is 33.5 Å². The zero-order chi connectivity index (χ0) is 20.9. The molecule has 4 aromatic rings. The van der Waals surface area contributed by atoms with Crippen molar-refractivity contribution in [3.63, 3.8) is 0 Å². The number of methoxy groups -OCH3 is 1. The molecule has 0 saturated heterocycles. The SMILES string of the molecule is COc1ccc(-c2[nH]c3ccccc3c2CCC(=O)N(C)Cc2cccnc2)cc1. The topological polar surface area (TPSA) is 58.2 Å². The Hall–Kier alpha value is -3.60. The standard InChI is InChI=1S/C25H25N3O2/c1-28(17-18-6-5-15-26-16-18)24(29)14-13-22-21-7-3-4-8-23(21)27-25(22)19-9-11-20(30-2)12-10-19/h3-12,15-16,27H,13-14,17H2,1-2H3. The Labute approximate surface area is 176 Å². The molecule has 0 unspecified atom stereocenters. The number of rotatable bonds is 7. The van der Waals surface area contributed by atoms with Gasteiger partial charge in [0.15, 0.2) is 0 Å². The number of hydrogen-bond donors (Lipinski definition) is 1. The number of nitrogens with zero attached hydrogens (tertiary/aromatic N) is 2. The number of para-hydroxylation sites is 1. The van der Waals surface area contributed by atoms with E-state index in [1.54, 1.807) is 24.4 Å². The number of benzene rings is 2. The number of hydrogen-bond acceptors (Lipinski definition) is 3. The highest BCUT2D eigenvalue weighted by atomic mass is 16.5. The molecule has 0 spiro atoms. The number of H-pyrrole nitrogens is 1. The van der Waals surface area contributed by atoms with E-state index in [9.17, 15) is 4.79 Å². The van der Waals surface area contributed by atoms with Gasteiger partial charge in [-0.2, -0.15) is 0 Å². The van der Waals surface area contributed by atoms with Crippen LogP contribution in [0, 0.1) is 0 Å². The van der Waals surface area contributed by atoms with Crippen LogP contribution in [-0.4, -0.2) is 34.9 Å². The first-order chi connectivity index (χ1) is 14.7. The Morgan fingerprint density at radius 2 is 1.87 bits per heavy atom. The van der Waals surface area contributed by atoms with Crippen molar-refractivity contribution < 1.29 is 9.53 Å². The highest BCUT2D eigenvalue weighted by Gasteiger charge is 2.16. The molecule has 4 rings (SSSR count). The predicted molar refractivity (Wildman–Crippen MR) is 119 cm³/mol. The zero-order valence-electron chi connectivity index (χ0n) is 17.3. The Morgan fingerprint density at radius 1 is 1.07 bits per heavy atom. The number of ether oxygens (including phenoxy) is 1. The fraction of sp³-hybridized carbons (Fsp3) is 0.200. The minimum absolute atomic E-state index is 0.116. The van der Waals surface area contributed by atoms with Crippen molar-refractivity contribution in [2.24, 2.45) is 0 Å². The predicted octanol–water partition coefficient (Wildman–Crippen LogP) is 4.83. The van der Waals surface area contributed by atoms with Crippen molar-refractivity contribution >= 4 is 16.8 Å². The molecular weight excluding hydrogens is 374 g/mol. The summed E-state index contributed by atoms with van der Waals surface area (Å²) < 4.78 is 5.28. The van der Waals surface area contributed by atoms with Crippen LogP contribution in [0.4, 0.5) is 0 Å². The maximum atomic E-state index is 12.8. The highest BCUT2D eigenvalue weighted by molar-refractivity contribution is 5.91. The smallest absolute Gasteiger partial charge is 0.222 e. The maximum absolute atomic E-state index is 12.8. The average Bonchev–Trinajstić information content (AvgIpc) is 3.16. The van der Waals surface area contributed by atoms with E-state index in [1.807, 2.05) is 55.6 Å². The van der Waals surface area contributed by atoms with Crippen LogP contribution >= 0.6 is 0 Å². The van der Waals surface area contributed by atoms with E-state index in [1.165, 1.54) is 5.56 Å². The lowest BCUT2D eigenvalue weighted by molar-refractivity contribution is -0.130. The second-order valence-electron chi connectivity index (χ2n) is 7.36. The van der Waals surface area contributed by atoms with Crippen molar-refractivity contribution in [2.45, 2.75) is 19.4 Å². The molecule has 2 aromatic heterocycles. The molecule has 0 aliphatic carbocycles. The molecule has 5 nitrogen and oxygen atoms in total. The highest BCUT2D eigenvalue weighted by Crippen LogP contribution is 2.32. The van der Waals surface area contributed by atoms with Crippen LogP contribution in [0.1, 0.15) is 17.5 Å². The molecule has 2 aromatic carbocycles. The van der Waals surface area contributed by atoms with E-state index in [-0.39, 0.29) is 5.91 Å². The molecule has 30 heavy (non-hydrogen) atoms. The molecular formula is C25H25N3O2. The van der Waals surface area contributed by atoms with Crippen molar-refractivity contribution in [1.29, 1.82) is 0 Å². The molecule has 5 heteroatoms. The summed E-state index contributed by atoms with van der Waals surface area (Å²) in [5.74, 6) is 0.938. The van der Waals surface area contributed by atoms with Crippen molar-refractivity contribution in [1.82, 2.24) is 14.9 Å². The van der Waals surface area contributed by atoms with Gasteiger partial charge in [-0.25, -0.2) is 0 Å². The molecule has 0 atom stereocenters. The number of pyridine rings is 1. The largest absolute Gasteiger partial charge is 0.497 e. The number of carbonyl (C=O) groups is 1. The third-order valence-electron chi connectivity index (χ3n) is 5.35. The van der Waals surface area contributed by atoms with Gasteiger partial charge in [0.1, 0.15) is 5.75 Å². The molecule has 0 radical (unpaired) electrons. The number of aromatic amines is 1. The maximum Gasteiger partial charge on any atom is 0.222 e. The molecule has 152 valence electrons.